The van der Waals surface area contributed by atoms with Crippen LogP contribution in [-0.2, 0) is 6.42 Å². The van der Waals surface area contributed by atoms with Crippen molar-refractivity contribution in [3.8, 4) is 5.75 Å². The van der Waals surface area contributed by atoms with Crippen LogP contribution in [0.4, 0.5) is 0 Å². The summed E-state index contributed by atoms with van der Waals surface area (Å²) < 4.78 is 5.41. The fourth-order valence-corrected chi connectivity index (χ4v) is 2.01. The van der Waals surface area contributed by atoms with Gasteiger partial charge in [-0.05, 0) is 46.2 Å². The number of aryl methyl sites for hydroxylation is 2. The standard InChI is InChI=1S/C14H24N2O/c1-5-8-15-9-6-7-13-12(3)14(17-4)11(2)10-16-13/h10,15H,5-9H2,1-4H3. The molecule has 3 nitrogen and oxygen atoms in total. The second-order valence-electron chi connectivity index (χ2n) is 4.40. The molecule has 0 amide bonds. The number of hydrogen-bond donors (Lipinski definition) is 1. The quantitative estimate of drug-likeness (QED) is 0.739. The van der Waals surface area contributed by atoms with E-state index in [0.717, 1.165) is 42.9 Å². The first-order chi connectivity index (χ1) is 8.20. The lowest BCUT2D eigenvalue weighted by Gasteiger charge is -2.12. The number of nitrogens with one attached hydrogen (secondary N) is 1. The molecule has 0 saturated carbocycles. The van der Waals surface area contributed by atoms with Crippen LogP contribution in [0.5, 0.6) is 5.75 Å². The van der Waals surface area contributed by atoms with Crippen LogP contribution in [-0.4, -0.2) is 25.2 Å². The number of rotatable bonds is 7. The monoisotopic (exact) mass is 236 g/mol. The molecule has 0 aliphatic rings. The molecule has 0 aromatic carbocycles. The molecule has 0 fully saturated rings. The van der Waals surface area contributed by atoms with E-state index in [-0.39, 0.29) is 0 Å². The zero-order valence-electron chi connectivity index (χ0n) is 11.5. The van der Waals surface area contributed by atoms with E-state index in [2.05, 4.69) is 24.1 Å². The highest BCUT2D eigenvalue weighted by atomic mass is 16.5. The Balaban J connectivity index is 2.54. The number of ether oxygens (including phenoxy) is 1. The van der Waals surface area contributed by atoms with Gasteiger partial charge in [0.1, 0.15) is 5.75 Å². The van der Waals surface area contributed by atoms with Gasteiger partial charge >= 0.3 is 0 Å². The molecule has 96 valence electrons. The fraction of sp³-hybridized carbons (Fsp3) is 0.643. The molecule has 1 rings (SSSR count). The average Bonchev–Trinajstić information content (AvgIpc) is 2.32. The molecule has 0 aliphatic carbocycles. The van der Waals surface area contributed by atoms with E-state index >= 15 is 0 Å². The predicted molar refractivity (Wildman–Crippen MR) is 71.7 cm³/mol. The van der Waals surface area contributed by atoms with Crippen molar-refractivity contribution in [2.75, 3.05) is 20.2 Å². The number of aromatic nitrogens is 1. The van der Waals surface area contributed by atoms with Crippen molar-refractivity contribution in [2.24, 2.45) is 0 Å². The van der Waals surface area contributed by atoms with Gasteiger partial charge in [0, 0.05) is 23.0 Å². The summed E-state index contributed by atoms with van der Waals surface area (Å²) in [7, 11) is 1.72. The van der Waals surface area contributed by atoms with Crippen LogP contribution in [0, 0.1) is 13.8 Å². The zero-order valence-corrected chi connectivity index (χ0v) is 11.5. The predicted octanol–water partition coefficient (Wildman–Crippen LogP) is 2.64. The number of methoxy groups -OCH3 is 1. The SMILES string of the molecule is CCCNCCCc1ncc(C)c(OC)c1C. The molecule has 0 unspecified atom stereocenters. The van der Waals surface area contributed by atoms with Gasteiger partial charge in [0.15, 0.2) is 0 Å². The van der Waals surface area contributed by atoms with Gasteiger partial charge in [-0.2, -0.15) is 0 Å². The van der Waals surface area contributed by atoms with Gasteiger partial charge in [-0.15, -0.1) is 0 Å². The molecule has 0 spiro atoms. The highest BCUT2D eigenvalue weighted by Gasteiger charge is 2.08. The number of pyridine rings is 1. The van der Waals surface area contributed by atoms with Crippen molar-refractivity contribution >= 4 is 0 Å². The minimum absolute atomic E-state index is 0.983. The minimum Gasteiger partial charge on any atom is -0.496 e. The van der Waals surface area contributed by atoms with Gasteiger partial charge in [0.2, 0.25) is 0 Å². The molecule has 1 heterocycles. The Bertz CT molecular complexity index is 350. The normalized spacial score (nSPS) is 10.6. The summed E-state index contributed by atoms with van der Waals surface area (Å²) in [5, 5.41) is 3.41. The molecular formula is C14H24N2O. The highest BCUT2D eigenvalue weighted by Crippen LogP contribution is 2.24. The van der Waals surface area contributed by atoms with Crippen molar-refractivity contribution in [1.82, 2.24) is 10.3 Å². The maximum atomic E-state index is 5.41. The van der Waals surface area contributed by atoms with Crippen LogP contribution in [0.2, 0.25) is 0 Å². The van der Waals surface area contributed by atoms with E-state index in [1.54, 1.807) is 7.11 Å². The largest absolute Gasteiger partial charge is 0.496 e. The van der Waals surface area contributed by atoms with E-state index in [9.17, 15) is 0 Å². The fourth-order valence-electron chi connectivity index (χ4n) is 2.01. The summed E-state index contributed by atoms with van der Waals surface area (Å²) in [5.74, 6) is 0.983. The van der Waals surface area contributed by atoms with E-state index < -0.39 is 0 Å². The summed E-state index contributed by atoms with van der Waals surface area (Å²) in [5.41, 5.74) is 3.45. The maximum absolute atomic E-state index is 5.41. The Morgan fingerprint density at radius 1 is 1.29 bits per heavy atom. The first-order valence-electron chi connectivity index (χ1n) is 6.40. The molecule has 0 saturated heterocycles. The summed E-state index contributed by atoms with van der Waals surface area (Å²) >= 11 is 0. The number of nitrogens with zero attached hydrogens (tertiary/aromatic N) is 1. The van der Waals surface area contributed by atoms with Crippen LogP contribution < -0.4 is 10.1 Å². The smallest absolute Gasteiger partial charge is 0.128 e. The molecular weight excluding hydrogens is 212 g/mol. The lowest BCUT2D eigenvalue weighted by Crippen LogP contribution is -2.16. The maximum Gasteiger partial charge on any atom is 0.128 e. The van der Waals surface area contributed by atoms with Crippen molar-refractivity contribution in [2.45, 2.75) is 40.0 Å². The Labute approximate surface area is 105 Å². The van der Waals surface area contributed by atoms with Crippen molar-refractivity contribution in [3.63, 3.8) is 0 Å². The average molecular weight is 236 g/mol. The Morgan fingerprint density at radius 3 is 2.71 bits per heavy atom. The van der Waals surface area contributed by atoms with Crippen molar-refractivity contribution in [1.29, 1.82) is 0 Å². The van der Waals surface area contributed by atoms with Crippen LogP contribution in [0.15, 0.2) is 6.20 Å². The van der Waals surface area contributed by atoms with E-state index in [4.69, 9.17) is 4.74 Å². The summed E-state index contributed by atoms with van der Waals surface area (Å²) in [6, 6.07) is 0. The molecule has 0 radical (unpaired) electrons. The second kappa shape index (κ2) is 7.28. The molecule has 0 aliphatic heterocycles. The molecule has 1 N–H and O–H groups in total. The topological polar surface area (TPSA) is 34.2 Å². The van der Waals surface area contributed by atoms with E-state index in [1.165, 1.54) is 12.0 Å². The van der Waals surface area contributed by atoms with Gasteiger partial charge in [0.05, 0.1) is 7.11 Å². The van der Waals surface area contributed by atoms with Crippen LogP contribution in [0.3, 0.4) is 0 Å². The second-order valence-corrected chi connectivity index (χ2v) is 4.40. The minimum atomic E-state index is 0.983. The van der Waals surface area contributed by atoms with Crippen molar-refractivity contribution < 1.29 is 4.74 Å². The molecule has 1 aromatic heterocycles. The Hall–Kier alpha value is -1.09. The van der Waals surface area contributed by atoms with Crippen LogP contribution >= 0.6 is 0 Å². The van der Waals surface area contributed by atoms with Crippen LogP contribution in [0.1, 0.15) is 36.6 Å². The lowest BCUT2D eigenvalue weighted by atomic mass is 10.1. The lowest BCUT2D eigenvalue weighted by molar-refractivity contribution is 0.406. The van der Waals surface area contributed by atoms with E-state index in [0.29, 0.717) is 0 Å². The van der Waals surface area contributed by atoms with Gasteiger partial charge in [-0.1, -0.05) is 6.92 Å². The summed E-state index contributed by atoms with van der Waals surface area (Å²) in [6.45, 7) is 8.47. The van der Waals surface area contributed by atoms with Crippen molar-refractivity contribution in [3.05, 3.63) is 23.0 Å². The Morgan fingerprint density at radius 2 is 2.06 bits per heavy atom. The molecule has 3 heteroatoms. The third kappa shape index (κ3) is 4.00. The molecule has 17 heavy (non-hydrogen) atoms. The van der Waals surface area contributed by atoms with Gasteiger partial charge in [-0.3, -0.25) is 4.98 Å². The molecule has 0 atom stereocenters. The zero-order chi connectivity index (χ0) is 12.7. The molecule has 1 aromatic rings. The summed E-state index contributed by atoms with van der Waals surface area (Å²) in [6.07, 6.45) is 5.23. The summed E-state index contributed by atoms with van der Waals surface area (Å²) in [4.78, 5) is 4.50. The van der Waals surface area contributed by atoms with Crippen LogP contribution in [0.25, 0.3) is 0 Å². The number of hydrogen-bond acceptors (Lipinski definition) is 3. The van der Waals surface area contributed by atoms with Gasteiger partial charge < -0.3 is 10.1 Å². The third-order valence-corrected chi connectivity index (χ3v) is 2.94. The first kappa shape index (κ1) is 14.0. The molecule has 0 bridgehead atoms. The first-order valence-corrected chi connectivity index (χ1v) is 6.40. The third-order valence-electron chi connectivity index (χ3n) is 2.94. The van der Waals surface area contributed by atoms with Gasteiger partial charge in [0.25, 0.3) is 0 Å². The van der Waals surface area contributed by atoms with E-state index in [1.807, 2.05) is 13.1 Å². The Kier molecular flexibility index (Phi) is 5.98. The van der Waals surface area contributed by atoms with Gasteiger partial charge in [-0.25, -0.2) is 0 Å². The highest BCUT2D eigenvalue weighted by molar-refractivity contribution is 5.41.